The Bertz CT molecular complexity index is 1140. The minimum atomic E-state index is -3.58. The maximum atomic E-state index is 12.6. The van der Waals surface area contributed by atoms with Crippen molar-refractivity contribution < 1.29 is 22.7 Å². The molecule has 0 aliphatic heterocycles. The van der Waals surface area contributed by atoms with E-state index in [0.29, 0.717) is 5.56 Å². The van der Waals surface area contributed by atoms with Gasteiger partial charge in [-0.25, -0.2) is 13.2 Å². The number of H-pyrrole nitrogens is 1. The van der Waals surface area contributed by atoms with Crippen LogP contribution in [-0.4, -0.2) is 37.5 Å². The van der Waals surface area contributed by atoms with Gasteiger partial charge in [-0.05, 0) is 24.1 Å². The number of hydrogen-bond donors (Lipinski definition) is 1. The Balaban J connectivity index is 1.81. The van der Waals surface area contributed by atoms with Crippen LogP contribution < -0.4 is 0 Å². The van der Waals surface area contributed by atoms with Crippen LogP contribution in [0.3, 0.4) is 0 Å². The number of para-hydroxylation sites is 1. The highest BCUT2D eigenvalue weighted by molar-refractivity contribution is 7.91. The van der Waals surface area contributed by atoms with E-state index in [1.807, 2.05) is 25.1 Å². The molecular formula is C21H21NO5S. The van der Waals surface area contributed by atoms with E-state index in [1.165, 1.54) is 19.1 Å². The van der Waals surface area contributed by atoms with E-state index in [9.17, 15) is 18.0 Å². The highest BCUT2D eigenvalue weighted by atomic mass is 32.2. The molecule has 0 unspecified atom stereocenters. The molecule has 3 rings (SSSR count). The number of aromatic nitrogens is 1. The van der Waals surface area contributed by atoms with Crippen LogP contribution in [0.15, 0.2) is 53.6 Å². The van der Waals surface area contributed by atoms with E-state index in [-0.39, 0.29) is 22.0 Å². The molecule has 0 spiro atoms. The van der Waals surface area contributed by atoms with Crippen LogP contribution in [0.25, 0.3) is 10.9 Å². The van der Waals surface area contributed by atoms with Gasteiger partial charge in [0.25, 0.3) is 0 Å². The van der Waals surface area contributed by atoms with Crippen molar-refractivity contribution in [3.63, 3.8) is 0 Å². The Morgan fingerprint density at radius 2 is 1.75 bits per heavy atom. The monoisotopic (exact) mass is 399 g/mol. The SMILES string of the molecule is CCc1cccc2c(C(=O)COC(=O)c3ccccc3S(=O)(=O)CC)c[nH]c12. The number of carbonyl (C=O) groups is 2. The van der Waals surface area contributed by atoms with Crippen molar-refractivity contribution in [1.82, 2.24) is 4.98 Å². The molecule has 1 N–H and O–H groups in total. The van der Waals surface area contributed by atoms with Crippen molar-refractivity contribution in [2.45, 2.75) is 25.2 Å². The van der Waals surface area contributed by atoms with Crippen molar-refractivity contribution in [2.24, 2.45) is 0 Å². The van der Waals surface area contributed by atoms with E-state index in [1.54, 1.807) is 18.3 Å². The number of esters is 1. The number of sulfone groups is 1. The summed E-state index contributed by atoms with van der Waals surface area (Å²) in [6, 6.07) is 11.5. The second-order valence-electron chi connectivity index (χ2n) is 6.29. The van der Waals surface area contributed by atoms with Gasteiger partial charge in [0.2, 0.25) is 5.78 Å². The summed E-state index contributed by atoms with van der Waals surface area (Å²) in [5, 5.41) is 0.773. The van der Waals surface area contributed by atoms with Gasteiger partial charge in [0, 0.05) is 22.7 Å². The summed E-state index contributed by atoms with van der Waals surface area (Å²) in [6.45, 7) is 3.06. The molecular weight excluding hydrogens is 378 g/mol. The second kappa shape index (κ2) is 7.98. The number of carbonyl (C=O) groups excluding carboxylic acids is 2. The summed E-state index contributed by atoms with van der Waals surface area (Å²) in [5.41, 5.74) is 2.35. The zero-order chi connectivity index (χ0) is 20.3. The summed E-state index contributed by atoms with van der Waals surface area (Å²) in [5.74, 6) is -1.33. The molecule has 0 bridgehead atoms. The van der Waals surface area contributed by atoms with Crippen molar-refractivity contribution >= 4 is 32.5 Å². The van der Waals surface area contributed by atoms with Crippen LogP contribution in [0.5, 0.6) is 0 Å². The Kier molecular flexibility index (Phi) is 5.65. The molecule has 0 fully saturated rings. The third-order valence-electron chi connectivity index (χ3n) is 4.64. The lowest BCUT2D eigenvalue weighted by Gasteiger charge is -2.09. The maximum Gasteiger partial charge on any atom is 0.339 e. The normalized spacial score (nSPS) is 11.5. The number of aryl methyl sites for hydroxylation is 1. The van der Waals surface area contributed by atoms with Gasteiger partial charge >= 0.3 is 5.97 Å². The predicted molar refractivity (Wildman–Crippen MR) is 106 cm³/mol. The van der Waals surface area contributed by atoms with Crippen LogP contribution in [-0.2, 0) is 21.0 Å². The minimum Gasteiger partial charge on any atom is -0.454 e. The first-order valence-electron chi connectivity index (χ1n) is 9.00. The molecule has 1 aromatic heterocycles. The number of hydrogen-bond acceptors (Lipinski definition) is 5. The van der Waals surface area contributed by atoms with Crippen molar-refractivity contribution in [3.05, 3.63) is 65.4 Å². The fourth-order valence-corrected chi connectivity index (χ4v) is 4.17. The van der Waals surface area contributed by atoms with E-state index in [0.717, 1.165) is 22.9 Å². The molecule has 7 heteroatoms. The van der Waals surface area contributed by atoms with Crippen molar-refractivity contribution in [1.29, 1.82) is 0 Å². The fraction of sp³-hybridized carbons (Fsp3) is 0.238. The molecule has 0 atom stereocenters. The van der Waals surface area contributed by atoms with Crippen LogP contribution in [0, 0.1) is 0 Å². The molecule has 6 nitrogen and oxygen atoms in total. The lowest BCUT2D eigenvalue weighted by Crippen LogP contribution is -2.17. The number of benzene rings is 2. The molecule has 0 aliphatic carbocycles. The molecule has 3 aromatic rings. The Labute approximate surface area is 163 Å². The van der Waals surface area contributed by atoms with Crippen LogP contribution in [0.4, 0.5) is 0 Å². The van der Waals surface area contributed by atoms with Gasteiger partial charge in [0.05, 0.1) is 16.2 Å². The average Bonchev–Trinajstić information content (AvgIpc) is 3.16. The largest absolute Gasteiger partial charge is 0.454 e. The zero-order valence-corrected chi connectivity index (χ0v) is 16.5. The number of aromatic amines is 1. The first kappa shape index (κ1) is 19.8. The van der Waals surface area contributed by atoms with Crippen molar-refractivity contribution in [2.75, 3.05) is 12.4 Å². The Hall–Kier alpha value is -2.93. The Morgan fingerprint density at radius 1 is 1.00 bits per heavy atom. The van der Waals surface area contributed by atoms with Crippen LogP contribution >= 0.6 is 0 Å². The number of ether oxygens (including phenoxy) is 1. The summed E-state index contributed by atoms with van der Waals surface area (Å²) in [4.78, 5) is 28.0. The first-order chi connectivity index (χ1) is 13.4. The first-order valence-corrected chi connectivity index (χ1v) is 10.6. The fourth-order valence-electron chi connectivity index (χ4n) is 3.09. The average molecular weight is 399 g/mol. The summed E-state index contributed by atoms with van der Waals surface area (Å²) in [7, 11) is -3.58. The van der Waals surface area contributed by atoms with Crippen LogP contribution in [0.2, 0.25) is 0 Å². The predicted octanol–water partition coefficient (Wildman–Crippen LogP) is 3.56. The molecule has 1 heterocycles. The van der Waals surface area contributed by atoms with E-state index in [4.69, 9.17) is 4.74 Å². The lowest BCUT2D eigenvalue weighted by molar-refractivity contribution is 0.0471. The molecule has 0 aliphatic rings. The van der Waals surface area contributed by atoms with Gasteiger partial charge in [0.1, 0.15) is 0 Å². The summed E-state index contributed by atoms with van der Waals surface area (Å²) < 4.78 is 29.5. The number of rotatable bonds is 7. The van der Waals surface area contributed by atoms with Gasteiger partial charge in [-0.3, -0.25) is 4.79 Å². The Morgan fingerprint density at radius 3 is 2.46 bits per heavy atom. The summed E-state index contributed by atoms with van der Waals surface area (Å²) >= 11 is 0. The minimum absolute atomic E-state index is 0.0654. The maximum absolute atomic E-state index is 12.6. The van der Waals surface area contributed by atoms with Gasteiger partial charge in [-0.2, -0.15) is 0 Å². The quantitative estimate of drug-likeness (QED) is 0.484. The highest BCUT2D eigenvalue weighted by Crippen LogP contribution is 2.23. The van der Waals surface area contributed by atoms with Gasteiger partial charge in [-0.1, -0.05) is 44.2 Å². The second-order valence-corrected chi connectivity index (χ2v) is 8.54. The number of ketones is 1. The topological polar surface area (TPSA) is 93.3 Å². The third kappa shape index (κ3) is 3.71. The number of fused-ring (bicyclic) bond motifs is 1. The standard InChI is InChI=1S/C21H21NO5S/c1-3-14-8-7-10-15-17(12-22-20(14)15)18(23)13-27-21(24)16-9-5-6-11-19(16)28(25,26)4-2/h5-12,22H,3-4,13H2,1-2H3. The highest BCUT2D eigenvalue weighted by Gasteiger charge is 2.23. The molecule has 146 valence electrons. The van der Waals surface area contributed by atoms with E-state index >= 15 is 0 Å². The lowest BCUT2D eigenvalue weighted by atomic mass is 10.1. The number of nitrogens with one attached hydrogen (secondary N) is 1. The number of Topliss-reactive ketones (excluding diaryl/α,β-unsaturated/α-hetero) is 1. The molecule has 2 aromatic carbocycles. The van der Waals surface area contributed by atoms with E-state index < -0.39 is 22.4 Å². The van der Waals surface area contributed by atoms with Crippen LogP contribution in [0.1, 0.15) is 40.1 Å². The van der Waals surface area contributed by atoms with Gasteiger partial charge < -0.3 is 9.72 Å². The molecule has 0 radical (unpaired) electrons. The molecule has 0 saturated heterocycles. The molecule has 0 saturated carbocycles. The molecule has 0 amide bonds. The smallest absolute Gasteiger partial charge is 0.339 e. The van der Waals surface area contributed by atoms with Gasteiger partial charge in [-0.15, -0.1) is 0 Å². The zero-order valence-electron chi connectivity index (χ0n) is 15.7. The van der Waals surface area contributed by atoms with Gasteiger partial charge in [0.15, 0.2) is 16.4 Å². The third-order valence-corrected chi connectivity index (χ3v) is 6.43. The van der Waals surface area contributed by atoms with Crippen molar-refractivity contribution in [3.8, 4) is 0 Å². The molecule has 28 heavy (non-hydrogen) atoms. The van der Waals surface area contributed by atoms with E-state index in [2.05, 4.69) is 4.98 Å². The summed E-state index contributed by atoms with van der Waals surface area (Å²) in [6.07, 6.45) is 2.43.